The molecule has 0 unspecified atom stereocenters. The molecule has 3 rings (SSSR count). The summed E-state index contributed by atoms with van der Waals surface area (Å²) in [6.07, 6.45) is 0. The summed E-state index contributed by atoms with van der Waals surface area (Å²) in [5.74, 6) is 0.366. The van der Waals surface area contributed by atoms with Crippen LogP contribution in [0.25, 0.3) is 21.9 Å². The number of phenolic OH excluding ortho intramolecular Hbond substituents is 1. The lowest BCUT2D eigenvalue weighted by Gasteiger charge is -2.22. The van der Waals surface area contributed by atoms with E-state index in [0.717, 1.165) is 16.7 Å². The van der Waals surface area contributed by atoms with Crippen LogP contribution in [0.5, 0.6) is 5.75 Å². The van der Waals surface area contributed by atoms with Gasteiger partial charge in [0.1, 0.15) is 5.75 Å². The van der Waals surface area contributed by atoms with E-state index in [4.69, 9.17) is 0 Å². The SMILES string of the molecule is CC(C)(C)c1cc(CBr)c(O)c(-c2ccc3ccccc3c2)c1. The fraction of sp³-hybridized carbons (Fsp3) is 0.238. The summed E-state index contributed by atoms with van der Waals surface area (Å²) in [7, 11) is 0. The first-order valence-electron chi connectivity index (χ1n) is 7.81. The number of halogens is 1. The van der Waals surface area contributed by atoms with Crippen LogP contribution in [0.15, 0.2) is 54.6 Å². The minimum absolute atomic E-state index is 0.0379. The third kappa shape index (κ3) is 3.13. The van der Waals surface area contributed by atoms with Crippen LogP contribution in [0.2, 0.25) is 0 Å². The van der Waals surface area contributed by atoms with Gasteiger partial charge in [-0.1, -0.05) is 79.2 Å². The topological polar surface area (TPSA) is 20.2 Å². The summed E-state index contributed by atoms with van der Waals surface area (Å²) in [6, 6.07) is 18.9. The number of fused-ring (bicyclic) bond motifs is 1. The third-order valence-electron chi connectivity index (χ3n) is 4.26. The van der Waals surface area contributed by atoms with Crippen LogP contribution in [0.3, 0.4) is 0 Å². The molecule has 0 saturated heterocycles. The van der Waals surface area contributed by atoms with Crippen molar-refractivity contribution < 1.29 is 5.11 Å². The molecule has 23 heavy (non-hydrogen) atoms. The van der Waals surface area contributed by atoms with E-state index in [0.29, 0.717) is 11.1 Å². The standard InChI is InChI=1S/C21H21BrO/c1-21(2,3)18-11-17(13-22)20(23)19(12-18)16-9-8-14-6-4-5-7-15(14)10-16/h4-12,23H,13H2,1-3H3. The van der Waals surface area contributed by atoms with E-state index >= 15 is 0 Å². The first-order chi connectivity index (χ1) is 10.9. The average molecular weight is 369 g/mol. The Kier molecular flexibility index (Phi) is 4.20. The number of aromatic hydroxyl groups is 1. The molecule has 0 bridgehead atoms. The number of benzene rings is 3. The van der Waals surface area contributed by atoms with Gasteiger partial charge in [-0.3, -0.25) is 0 Å². The van der Waals surface area contributed by atoms with Gasteiger partial charge < -0.3 is 5.11 Å². The Morgan fingerprint density at radius 2 is 1.61 bits per heavy atom. The molecule has 1 nitrogen and oxygen atoms in total. The summed E-state index contributed by atoms with van der Waals surface area (Å²) in [6.45, 7) is 6.59. The normalized spacial score (nSPS) is 11.8. The fourth-order valence-corrected chi connectivity index (χ4v) is 3.23. The number of alkyl halides is 1. The van der Waals surface area contributed by atoms with E-state index in [2.05, 4.69) is 79.2 Å². The molecule has 0 heterocycles. The van der Waals surface area contributed by atoms with Gasteiger partial charge in [0.05, 0.1) is 0 Å². The molecule has 3 aromatic rings. The van der Waals surface area contributed by atoms with Crippen LogP contribution in [0, 0.1) is 0 Å². The Bertz CT molecular complexity index is 859. The summed E-state index contributed by atoms with van der Waals surface area (Å²) < 4.78 is 0. The van der Waals surface area contributed by atoms with E-state index in [1.54, 1.807) is 0 Å². The largest absolute Gasteiger partial charge is 0.507 e. The molecule has 0 fully saturated rings. The van der Waals surface area contributed by atoms with Crippen molar-refractivity contribution in [2.75, 3.05) is 0 Å². The maximum atomic E-state index is 10.7. The van der Waals surface area contributed by atoms with Crippen molar-refractivity contribution >= 4 is 26.7 Å². The Labute approximate surface area is 146 Å². The molecule has 0 atom stereocenters. The van der Waals surface area contributed by atoms with Gasteiger partial charge >= 0.3 is 0 Å². The van der Waals surface area contributed by atoms with Gasteiger partial charge in [-0.2, -0.15) is 0 Å². The number of hydrogen-bond acceptors (Lipinski definition) is 1. The molecule has 2 heteroatoms. The monoisotopic (exact) mass is 368 g/mol. The zero-order chi connectivity index (χ0) is 16.6. The minimum atomic E-state index is 0.0379. The molecule has 0 aliphatic carbocycles. The second-order valence-corrected chi connectivity index (χ2v) is 7.54. The van der Waals surface area contributed by atoms with Gasteiger partial charge in [-0.05, 0) is 39.4 Å². The highest BCUT2D eigenvalue weighted by Crippen LogP contribution is 2.38. The van der Waals surface area contributed by atoms with Crippen LogP contribution in [0.4, 0.5) is 0 Å². The first-order valence-corrected chi connectivity index (χ1v) is 8.94. The zero-order valence-electron chi connectivity index (χ0n) is 13.7. The third-order valence-corrected chi connectivity index (χ3v) is 4.86. The lowest BCUT2D eigenvalue weighted by atomic mass is 9.83. The van der Waals surface area contributed by atoms with Crippen LogP contribution >= 0.6 is 15.9 Å². The van der Waals surface area contributed by atoms with E-state index in [1.165, 1.54) is 16.3 Å². The molecule has 0 aliphatic heterocycles. The van der Waals surface area contributed by atoms with Gasteiger partial charge in [-0.15, -0.1) is 0 Å². The molecule has 0 aromatic heterocycles. The first kappa shape index (κ1) is 16.1. The minimum Gasteiger partial charge on any atom is -0.507 e. The highest BCUT2D eigenvalue weighted by molar-refractivity contribution is 9.08. The van der Waals surface area contributed by atoms with Crippen molar-refractivity contribution in [3.8, 4) is 16.9 Å². The van der Waals surface area contributed by atoms with Crippen molar-refractivity contribution in [2.24, 2.45) is 0 Å². The summed E-state index contributed by atoms with van der Waals surface area (Å²) in [5, 5.41) is 13.7. The maximum absolute atomic E-state index is 10.7. The second kappa shape index (κ2) is 6.01. The molecular weight excluding hydrogens is 348 g/mol. The van der Waals surface area contributed by atoms with Gasteiger partial charge in [0.2, 0.25) is 0 Å². The summed E-state index contributed by atoms with van der Waals surface area (Å²) in [5.41, 5.74) is 4.15. The van der Waals surface area contributed by atoms with Gasteiger partial charge in [-0.25, -0.2) is 0 Å². The highest BCUT2D eigenvalue weighted by atomic mass is 79.9. The summed E-state index contributed by atoms with van der Waals surface area (Å²) in [4.78, 5) is 0. The van der Waals surface area contributed by atoms with Gasteiger partial charge in [0.15, 0.2) is 0 Å². The predicted molar refractivity (Wildman–Crippen MR) is 102 cm³/mol. The van der Waals surface area contributed by atoms with Crippen LogP contribution < -0.4 is 0 Å². The average Bonchev–Trinajstić information content (AvgIpc) is 2.53. The molecule has 0 radical (unpaired) electrons. The number of phenols is 1. The van der Waals surface area contributed by atoms with Crippen molar-refractivity contribution in [1.82, 2.24) is 0 Å². The van der Waals surface area contributed by atoms with Crippen LogP contribution in [-0.2, 0) is 10.7 Å². The van der Waals surface area contributed by atoms with Crippen molar-refractivity contribution in [1.29, 1.82) is 0 Å². The van der Waals surface area contributed by atoms with E-state index in [-0.39, 0.29) is 5.41 Å². The Morgan fingerprint density at radius 1 is 0.913 bits per heavy atom. The molecule has 118 valence electrons. The van der Waals surface area contributed by atoms with E-state index in [9.17, 15) is 5.11 Å². The van der Waals surface area contributed by atoms with Crippen molar-refractivity contribution in [2.45, 2.75) is 31.5 Å². The molecular formula is C21H21BrO. The van der Waals surface area contributed by atoms with Crippen molar-refractivity contribution in [3.05, 3.63) is 65.7 Å². The Morgan fingerprint density at radius 3 is 2.26 bits per heavy atom. The summed E-state index contributed by atoms with van der Waals surface area (Å²) >= 11 is 3.50. The van der Waals surface area contributed by atoms with E-state index < -0.39 is 0 Å². The molecule has 0 spiro atoms. The van der Waals surface area contributed by atoms with Crippen molar-refractivity contribution in [3.63, 3.8) is 0 Å². The molecule has 0 amide bonds. The van der Waals surface area contributed by atoms with Crippen LogP contribution in [0.1, 0.15) is 31.9 Å². The number of rotatable bonds is 2. The molecule has 3 aromatic carbocycles. The maximum Gasteiger partial charge on any atom is 0.127 e. The zero-order valence-corrected chi connectivity index (χ0v) is 15.3. The lowest BCUT2D eigenvalue weighted by Crippen LogP contribution is -2.11. The number of hydrogen-bond donors (Lipinski definition) is 1. The van der Waals surface area contributed by atoms with Gasteiger partial charge in [0.25, 0.3) is 0 Å². The van der Waals surface area contributed by atoms with Crippen LogP contribution in [-0.4, -0.2) is 5.11 Å². The van der Waals surface area contributed by atoms with Gasteiger partial charge in [0, 0.05) is 16.5 Å². The smallest absolute Gasteiger partial charge is 0.127 e. The quantitative estimate of drug-likeness (QED) is 0.518. The predicted octanol–water partition coefficient (Wildman–Crippen LogP) is 6.40. The fourth-order valence-electron chi connectivity index (χ4n) is 2.81. The Hall–Kier alpha value is -1.80. The lowest BCUT2D eigenvalue weighted by molar-refractivity contribution is 0.471. The molecule has 0 saturated carbocycles. The molecule has 0 aliphatic rings. The highest BCUT2D eigenvalue weighted by Gasteiger charge is 2.19. The Balaban J connectivity index is 2.24. The molecule has 1 N–H and O–H groups in total. The van der Waals surface area contributed by atoms with E-state index in [1.807, 2.05) is 12.1 Å². The second-order valence-electron chi connectivity index (χ2n) is 6.98.